The van der Waals surface area contributed by atoms with E-state index in [4.69, 9.17) is 5.73 Å². The van der Waals surface area contributed by atoms with Gasteiger partial charge in [0.2, 0.25) is 0 Å². The van der Waals surface area contributed by atoms with Gasteiger partial charge in [0, 0.05) is 30.7 Å². The SMILES string of the molecule is CC1CCCC(N(C)C2(CN)CCCN(C(C)C)CC2)C1. The summed E-state index contributed by atoms with van der Waals surface area (Å²) in [5.41, 5.74) is 6.55. The molecule has 21 heavy (non-hydrogen) atoms. The van der Waals surface area contributed by atoms with Crippen molar-refractivity contribution in [3.63, 3.8) is 0 Å². The monoisotopic (exact) mass is 295 g/mol. The van der Waals surface area contributed by atoms with Crippen LogP contribution in [0.15, 0.2) is 0 Å². The van der Waals surface area contributed by atoms with Crippen LogP contribution in [0.5, 0.6) is 0 Å². The molecule has 0 radical (unpaired) electrons. The lowest BCUT2D eigenvalue weighted by molar-refractivity contribution is 0.0354. The fourth-order valence-corrected chi connectivity index (χ4v) is 4.56. The number of hydrogen-bond donors (Lipinski definition) is 1. The summed E-state index contributed by atoms with van der Waals surface area (Å²) in [6.45, 7) is 10.3. The molecule has 2 aliphatic rings. The van der Waals surface area contributed by atoms with E-state index in [1.165, 1.54) is 58.0 Å². The van der Waals surface area contributed by atoms with E-state index >= 15 is 0 Å². The van der Waals surface area contributed by atoms with E-state index in [1.807, 2.05) is 0 Å². The van der Waals surface area contributed by atoms with E-state index in [-0.39, 0.29) is 5.54 Å². The van der Waals surface area contributed by atoms with Gasteiger partial charge in [-0.2, -0.15) is 0 Å². The molecule has 1 heterocycles. The van der Waals surface area contributed by atoms with Crippen LogP contribution in [0, 0.1) is 5.92 Å². The van der Waals surface area contributed by atoms with Crippen LogP contribution >= 0.6 is 0 Å². The van der Waals surface area contributed by atoms with E-state index < -0.39 is 0 Å². The Morgan fingerprint density at radius 3 is 2.57 bits per heavy atom. The van der Waals surface area contributed by atoms with Crippen molar-refractivity contribution in [1.82, 2.24) is 9.80 Å². The summed E-state index contributed by atoms with van der Waals surface area (Å²) in [5.74, 6) is 0.888. The summed E-state index contributed by atoms with van der Waals surface area (Å²) in [6, 6.07) is 1.42. The number of rotatable bonds is 4. The van der Waals surface area contributed by atoms with Gasteiger partial charge in [0.25, 0.3) is 0 Å². The van der Waals surface area contributed by atoms with Crippen molar-refractivity contribution in [3.8, 4) is 0 Å². The van der Waals surface area contributed by atoms with Gasteiger partial charge in [0.15, 0.2) is 0 Å². The average Bonchev–Trinajstić information content (AvgIpc) is 2.70. The van der Waals surface area contributed by atoms with Crippen LogP contribution in [-0.2, 0) is 0 Å². The molecule has 1 aliphatic carbocycles. The van der Waals surface area contributed by atoms with Crippen molar-refractivity contribution in [1.29, 1.82) is 0 Å². The molecule has 1 saturated carbocycles. The third kappa shape index (κ3) is 4.00. The maximum absolute atomic E-state index is 6.31. The Morgan fingerprint density at radius 2 is 1.95 bits per heavy atom. The van der Waals surface area contributed by atoms with Crippen LogP contribution in [0.25, 0.3) is 0 Å². The van der Waals surface area contributed by atoms with Crippen molar-refractivity contribution in [2.24, 2.45) is 11.7 Å². The van der Waals surface area contributed by atoms with Crippen LogP contribution in [0.2, 0.25) is 0 Å². The van der Waals surface area contributed by atoms with Crippen molar-refractivity contribution in [2.75, 3.05) is 26.7 Å². The number of nitrogens with two attached hydrogens (primary N) is 1. The average molecular weight is 296 g/mol. The van der Waals surface area contributed by atoms with E-state index in [0.717, 1.165) is 18.5 Å². The van der Waals surface area contributed by atoms with Crippen LogP contribution < -0.4 is 5.73 Å². The molecule has 124 valence electrons. The van der Waals surface area contributed by atoms with Gasteiger partial charge >= 0.3 is 0 Å². The summed E-state index contributed by atoms with van der Waals surface area (Å²) in [5, 5.41) is 0. The van der Waals surface area contributed by atoms with Gasteiger partial charge in [0.1, 0.15) is 0 Å². The first-order chi connectivity index (χ1) is 9.98. The molecular weight excluding hydrogens is 258 g/mol. The maximum atomic E-state index is 6.31. The predicted octanol–water partition coefficient (Wildman–Crippen LogP) is 3.09. The smallest absolute Gasteiger partial charge is 0.0344 e. The molecule has 0 bridgehead atoms. The Hall–Kier alpha value is -0.120. The molecule has 2 rings (SSSR count). The van der Waals surface area contributed by atoms with Gasteiger partial charge in [-0.3, -0.25) is 4.90 Å². The van der Waals surface area contributed by atoms with Crippen LogP contribution in [0.4, 0.5) is 0 Å². The number of likely N-dealkylation sites (N-methyl/N-ethyl adjacent to an activating group) is 1. The summed E-state index contributed by atoms with van der Waals surface area (Å²) >= 11 is 0. The van der Waals surface area contributed by atoms with Gasteiger partial charge in [-0.1, -0.05) is 19.8 Å². The third-order valence-electron chi connectivity index (χ3n) is 6.27. The Labute approximate surface area is 132 Å². The molecule has 1 saturated heterocycles. The molecule has 3 heteroatoms. The van der Waals surface area contributed by atoms with E-state index in [1.54, 1.807) is 0 Å². The highest BCUT2D eigenvalue weighted by molar-refractivity contribution is 4.97. The number of nitrogens with zero attached hydrogens (tertiary/aromatic N) is 2. The van der Waals surface area contributed by atoms with Crippen LogP contribution in [0.1, 0.15) is 65.7 Å². The highest BCUT2D eigenvalue weighted by atomic mass is 15.2. The minimum atomic E-state index is 0.241. The number of likely N-dealkylation sites (tertiary alicyclic amines) is 1. The first kappa shape index (κ1) is 17.2. The summed E-state index contributed by atoms with van der Waals surface area (Å²) in [7, 11) is 2.36. The van der Waals surface area contributed by atoms with Gasteiger partial charge in [-0.25, -0.2) is 0 Å². The number of hydrogen-bond acceptors (Lipinski definition) is 3. The molecule has 2 fully saturated rings. The van der Waals surface area contributed by atoms with Gasteiger partial charge in [0.05, 0.1) is 0 Å². The van der Waals surface area contributed by atoms with E-state index in [9.17, 15) is 0 Å². The molecule has 0 spiro atoms. The molecule has 0 aromatic rings. The second-order valence-corrected chi connectivity index (χ2v) is 7.95. The largest absolute Gasteiger partial charge is 0.329 e. The van der Waals surface area contributed by atoms with Crippen LogP contribution in [0.3, 0.4) is 0 Å². The fraction of sp³-hybridized carbons (Fsp3) is 1.00. The summed E-state index contributed by atoms with van der Waals surface area (Å²) in [6.07, 6.45) is 9.36. The molecule has 0 amide bonds. The van der Waals surface area contributed by atoms with E-state index in [2.05, 4.69) is 37.6 Å². The minimum absolute atomic E-state index is 0.241. The van der Waals surface area contributed by atoms with Crippen molar-refractivity contribution < 1.29 is 0 Å². The van der Waals surface area contributed by atoms with E-state index in [0.29, 0.717) is 6.04 Å². The normalized spacial score (nSPS) is 36.1. The fourth-order valence-electron chi connectivity index (χ4n) is 4.56. The van der Waals surface area contributed by atoms with Crippen molar-refractivity contribution in [3.05, 3.63) is 0 Å². The zero-order chi connectivity index (χ0) is 15.5. The zero-order valence-electron chi connectivity index (χ0n) is 14.8. The Morgan fingerprint density at radius 1 is 1.19 bits per heavy atom. The quantitative estimate of drug-likeness (QED) is 0.865. The minimum Gasteiger partial charge on any atom is -0.329 e. The Bertz CT molecular complexity index is 318. The van der Waals surface area contributed by atoms with Gasteiger partial charge in [-0.15, -0.1) is 0 Å². The first-order valence-electron chi connectivity index (χ1n) is 9.15. The summed E-state index contributed by atoms with van der Waals surface area (Å²) in [4.78, 5) is 5.33. The molecule has 0 aromatic heterocycles. The molecule has 1 aliphatic heterocycles. The molecule has 3 unspecified atom stereocenters. The molecule has 3 atom stereocenters. The van der Waals surface area contributed by atoms with Crippen molar-refractivity contribution in [2.45, 2.75) is 83.3 Å². The maximum Gasteiger partial charge on any atom is 0.0344 e. The predicted molar refractivity (Wildman–Crippen MR) is 91.5 cm³/mol. The second kappa shape index (κ2) is 7.43. The first-order valence-corrected chi connectivity index (χ1v) is 9.15. The highest BCUT2D eigenvalue weighted by Gasteiger charge is 2.39. The lowest BCUT2D eigenvalue weighted by atomic mass is 9.81. The standard InChI is InChI=1S/C18H37N3/c1-15(2)21-11-6-9-18(14-19,10-12-21)20(4)17-8-5-7-16(3)13-17/h15-17H,5-14,19H2,1-4H3. The van der Waals surface area contributed by atoms with Crippen molar-refractivity contribution >= 4 is 0 Å². The van der Waals surface area contributed by atoms with Gasteiger partial charge in [-0.05, 0) is 65.5 Å². The van der Waals surface area contributed by atoms with Gasteiger partial charge < -0.3 is 10.6 Å². The molecule has 3 nitrogen and oxygen atoms in total. The second-order valence-electron chi connectivity index (χ2n) is 7.95. The third-order valence-corrected chi connectivity index (χ3v) is 6.27. The zero-order valence-corrected chi connectivity index (χ0v) is 14.8. The molecular formula is C18H37N3. The topological polar surface area (TPSA) is 32.5 Å². The lowest BCUT2D eigenvalue weighted by Crippen LogP contribution is -2.57. The Balaban J connectivity index is 2.05. The lowest BCUT2D eigenvalue weighted by Gasteiger charge is -2.47. The van der Waals surface area contributed by atoms with Crippen LogP contribution in [-0.4, -0.2) is 54.1 Å². The summed E-state index contributed by atoms with van der Waals surface area (Å²) < 4.78 is 0. The Kier molecular flexibility index (Phi) is 6.10. The highest BCUT2D eigenvalue weighted by Crippen LogP contribution is 2.35. The molecule has 0 aromatic carbocycles. The molecule has 2 N–H and O–H groups in total.